The van der Waals surface area contributed by atoms with Crippen LogP contribution in [0.4, 0.5) is 0 Å². The molecule has 0 saturated carbocycles. The Hall–Kier alpha value is -0.860. The minimum Gasteiger partial charge on any atom is -0.362 e. The van der Waals surface area contributed by atoms with Gasteiger partial charge in [-0.05, 0) is 13.8 Å². The molecule has 0 saturated heterocycles. The molecule has 0 aromatic rings. The van der Waals surface area contributed by atoms with E-state index in [1.165, 1.54) is 0 Å². The molecule has 0 spiro atoms. The smallest absolute Gasteiger partial charge is 0.124 e. The Morgan fingerprint density at radius 3 is 2.56 bits per heavy atom. The van der Waals surface area contributed by atoms with Gasteiger partial charge in [-0.15, -0.1) is 5.10 Å². The second-order valence-corrected chi connectivity index (χ2v) is 1.80. The molecule has 0 aromatic carbocycles. The van der Waals surface area contributed by atoms with Gasteiger partial charge in [0.05, 0.1) is 0 Å². The van der Waals surface area contributed by atoms with Crippen molar-refractivity contribution in [1.29, 1.82) is 0 Å². The van der Waals surface area contributed by atoms with E-state index >= 15 is 0 Å². The molecule has 0 amide bonds. The van der Waals surface area contributed by atoms with Crippen LogP contribution in [0.3, 0.4) is 0 Å². The van der Waals surface area contributed by atoms with Gasteiger partial charge in [0.15, 0.2) is 0 Å². The molecule has 0 N–H and O–H groups in total. The summed E-state index contributed by atoms with van der Waals surface area (Å²) in [6, 6.07) is 0. The molecule has 0 aliphatic carbocycles. The lowest BCUT2D eigenvalue weighted by atomic mass is 10.5. The van der Waals surface area contributed by atoms with Gasteiger partial charge in [0, 0.05) is 20.3 Å². The third kappa shape index (κ3) is 2.85. The summed E-state index contributed by atoms with van der Waals surface area (Å²) in [5.74, 6) is 0.896. The zero-order chi connectivity index (χ0) is 7.28. The van der Waals surface area contributed by atoms with Crippen molar-refractivity contribution in [3.05, 3.63) is 0 Å². The topological polar surface area (TPSA) is 28.0 Å². The highest BCUT2D eigenvalue weighted by Gasteiger charge is 1.93. The number of nitrogens with zero attached hydrogens (tertiary/aromatic N) is 3. The normalized spacial score (nSPS) is 11.2. The Bertz CT molecular complexity index is 117. The van der Waals surface area contributed by atoms with Gasteiger partial charge in [0.1, 0.15) is 5.84 Å². The van der Waals surface area contributed by atoms with E-state index in [-0.39, 0.29) is 0 Å². The van der Waals surface area contributed by atoms with Crippen molar-refractivity contribution in [2.75, 3.05) is 13.6 Å². The third-order valence-electron chi connectivity index (χ3n) is 1.24. The highest BCUT2D eigenvalue weighted by molar-refractivity contribution is 5.79. The van der Waals surface area contributed by atoms with Crippen LogP contribution in [0.25, 0.3) is 0 Å². The average Bonchev–Trinajstić information content (AvgIpc) is 1.87. The van der Waals surface area contributed by atoms with Gasteiger partial charge in [-0.1, -0.05) is 0 Å². The van der Waals surface area contributed by atoms with Gasteiger partial charge < -0.3 is 4.90 Å². The van der Waals surface area contributed by atoms with Crippen molar-refractivity contribution in [2.24, 2.45) is 10.2 Å². The fraction of sp³-hybridized carbons (Fsp3) is 0.667. The van der Waals surface area contributed by atoms with Gasteiger partial charge in [-0.2, -0.15) is 5.10 Å². The highest BCUT2D eigenvalue weighted by Crippen LogP contribution is 1.85. The monoisotopic (exact) mass is 127 g/mol. The third-order valence-corrected chi connectivity index (χ3v) is 1.24. The first-order valence-electron chi connectivity index (χ1n) is 2.93. The summed E-state index contributed by atoms with van der Waals surface area (Å²) in [4.78, 5) is 1.99. The van der Waals surface area contributed by atoms with Gasteiger partial charge in [-0.3, -0.25) is 0 Å². The first-order valence-corrected chi connectivity index (χ1v) is 2.93. The molecule has 0 atom stereocenters. The summed E-state index contributed by atoms with van der Waals surface area (Å²) in [5.41, 5.74) is 0. The molecule has 0 aliphatic heterocycles. The van der Waals surface area contributed by atoms with Crippen LogP contribution in [0.2, 0.25) is 0 Å². The number of amidine groups is 1. The van der Waals surface area contributed by atoms with E-state index in [1.54, 1.807) is 0 Å². The average molecular weight is 127 g/mol. The van der Waals surface area contributed by atoms with Gasteiger partial charge in [0.25, 0.3) is 0 Å². The van der Waals surface area contributed by atoms with Crippen molar-refractivity contribution in [1.82, 2.24) is 4.90 Å². The predicted molar refractivity (Wildman–Crippen MR) is 41.0 cm³/mol. The Morgan fingerprint density at radius 2 is 2.22 bits per heavy atom. The lowest BCUT2D eigenvalue weighted by Gasteiger charge is -2.13. The fourth-order valence-corrected chi connectivity index (χ4v) is 0.408. The fourth-order valence-electron chi connectivity index (χ4n) is 0.408. The Kier molecular flexibility index (Phi) is 3.67. The largest absolute Gasteiger partial charge is 0.362 e. The number of hydrogen-bond acceptors (Lipinski definition) is 2. The Morgan fingerprint density at radius 1 is 1.67 bits per heavy atom. The van der Waals surface area contributed by atoms with Crippen molar-refractivity contribution in [2.45, 2.75) is 13.8 Å². The minimum atomic E-state index is 0.896. The quantitative estimate of drug-likeness (QED) is 0.308. The van der Waals surface area contributed by atoms with Crippen LogP contribution in [0.5, 0.6) is 0 Å². The van der Waals surface area contributed by atoms with E-state index in [0.717, 1.165) is 12.4 Å². The first-order chi connectivity index (χ1) is 4.22. The molecule has 0 bridgehead atoms. The van der Waals surface area contributed by atoms with Crippen LogP contribution in [-0.4, -0.2) is 31.0 Å². The Labute approximate surface area is 56.1 Å². The molecule has 0 unspecified atom stereocenters. The van der Waals surface area contributed by atoms with Crippen molar-refractivity contribution in [3.63, 3.8) is 0 Å². The maximum absolute atomic E-state index is 3.75. The van der Waals surface area contributed by atoms with E-state index in [2.05, 4.69) is 23.8 Å². The maximum Gasteiger partial charge on any atom is 0.124 e. The minimum absolute atomic E-state index is 0.896. The molecule has 52 valence electrons. The summed E-state index contributed by atoms with van der Waals surface area (Å²) >= 11 is 0. The van der Waals surface area contributed by atoms with E-state index in [1.807, 2.05) is 18.9 Å². The summed E-state index contributed by atoms with van der Waals surface area (Å²) in [7, 11) is 1.96. The molecule has 0 heterocycles. The second-order valence-electron chi connectivity index (χ2n) is 1.80. The molecule has 9 heavy (non-hydrogen) atoms. The van der Waals surface area contributed by atoms with Crippen LogP contribution in [0.1, 0.15) is 13.8 Å². The zero-order valence-electron chi connectivity index (χ0n) is 6.26. The molecule has 3 nitrogen and oxygen atoms in total. The summed E-state index contributed by atoms with van der Waals surface area (Å²) < 4.78 is 0. The van der Waals surface area contributed by atoms with Crippen molar-refractivity contribution in [3.8, 4) is 0 Å². The summed E-state index contributed by atoms with van der Waals surface area (Å²) in [6.45, 7) is 8.16. The van der Waals surface area contributed by atoms with E-state index in [4.69, 9.17) is 0 Å². The first kappa shape index (κ1) is 8.14. The van der Waals surface area contributed by atoms with E-state index in [9.17, 15) is 0 Å². The molecule has 0 radical (unpaired) electrons. The molecule has 3 heteroatoms. The van der Waals surface area contributed by atoms with Crippen molar-refractivity contribution < 1.29 is 0 Å². The molecular formula is C6H13N3. The van der Waals surface area contributed by atoms with Crippen molar-refractivity contribution >= 4 is 12.6 Å². The maximum atomic E-state index is 3.75. The zero-order valence-corrected chi connectivity index (χ0v) is 6.26. The lowest BCUT2D eigenvalue weighted by Crippen LogP contribution is -2.22. The summed E-state index contributed by atoms with van der Waals surface area (Å²) in [5, 5.41) is 7.15. The molecule has 0 aliphatic rings. The predicted octanol–water partition coefficient (Wildman–Crippen LogP) is 0.972. The molecular weight excluding hydrogens is 114 g/mol. The SMILES string of the molecule is C=N/N=C(/C)N(C)CC. The molecule has 0 aromatic heterocycles. The van der Waals surface area contributed by atoms with Crippen LogP contribution < -0.4 is 0 Å². The standard InChI is InChI=1S/C6H13N3/c1-5-9(4)6(2)8-7-3/h3,5H2,1-2,4H3/b8-6-. The summed E-state index contributed by atoms with van der Waals surface area (Å²) in [6.07, 6.45) is 0. The van der Waals surface area contributed by atoms with E-state index < -0.39 is 0 Å². The van der Waals surface area contributed by atoms with Crippen LogP contribution in [-0.2, 0) is 0 Å². The van der Waals surface area contributed by atoms with Crippen LogP contribution >= 0.6 is 0 Å². The van der Waals surface area contributed by atoms with Gasteiger partial charge in [0.2, 0.25) is 0 Å². The van der Waals surface area contributed by atoms with Crippen LogP contribution in [0, 0.1) is 0 Å². The number of hydrogen-bond donors (Lipinski definition) is 0. The van der Waals surface area contributed by atoms with Crippen LogP contribution in [0.15, 0.2) is 10.2 Å². The molecule has 0 fully saturated rings. The van der Waals surface area contributed by atoms with E-state index in [0.29, 0.717) is 0 Å². The Balaban J connectivity index is 3.84. The molecule has 0 rings (SSSR count). The van der Waals surface area contributed by atoms with Gasteiger partial charge >= 0.3 is 0 Å². The number of rotatable bonds is 2. The highest BCUT2D eigenvalue weighted by atomic mass is 15.3. The van der Waals surface area contributed by atoms with Gasteiger partial charge in [-0.25, -0.2) is 0 Å². The second kappa shape index (κ2) is 4.06. The lowest BCUT2D eigenvalue weighted by molar-refractivity contribution is 0.530.